The second-order valence-electron chi connectivity index (χ2n) is 3.76. The van der Waals surface area contributed by atoms with Gasteiger partial charge in [0.25, 0.3) is 5.91 Å². The highest BCUT2D eigenvalue weighted by molar-refractivity contribution is 7.20. The van der Waals surface area contributed by atoms with Crippen LogP contribution in [0.25, 0.3) is 10.2 Å². The van der Waals surface area contributed by atoms with E-state index in [1.54, 1.807) is 7.05 Å². The van der Waals surface area contributed by atoms with Crippen molar-refractivity contribution in [2.45, 2.75) is 13.8 Å². The van der Waals surface area contributed by atoms with Crippen LogP contribution in [0.1, 0.15) is 26.5 Å². The highest BCUT2D eigenvalue weighted by Gasteiger charge is 2.19. The lowest BCUT2D eigenvalue weighted by atomic mass is 10.1. The van der Waals surface area contributed by atoms with E-state index in [0.29, 0.717) is 10.4 Å². The van der Waals surface area contributed by atoms with Crippen LogP contribution in [0.3, 0.4) is 0 Å². The summed E-state index contributed by atoms with van der Waals surface area (Å²) < 4.78 is 0. The molecular formula is C12H11N3OS. The van der Waals surface area contributed by atoms with Gasteiger partial charge in [-0.3, -0.25) is 4.79 Å². The van der Waals surface area contributed by atoms with E-state index in [0.717, 1.165) is 21.5 Å². The smallest absolute Gasteiger partial charge is 0.262 e. The number of hydrogen-bond acceptors (Lipinski definition) is 4. The van der Waals surface area contributed by atoms with E-state index in [1.807, 2.05) is 19.9 Å². The summed E-state index contributed by atoms with van der Waals surface area (Å²) >= 11 is 1.26. The molecule has 0 aliphatic carbocycles. The van der Waals surface area contributed by atoms with E-state index < -0.39 is 0 Å². The Kier molecular flexibility index (Phi) is 2.82. The number of nitrogens with zero attached hydrogens (tertiary/aromatic N) is 2. The second kappa shape index (κ2) is 4.15. The largest absolute Gasteiger partial charge is 0.354 e. The van der Waals surface area contributed by atoms with E-state index >= 15 is 0 Å². The molecular weight excluding hydrogens is 234 g/mol. The maximum Gasteiger partial charge on any atom is 0.262 e. The number of rotatable bonds is 1. The molecule has 2 aromatic heterocycles. The molecule has 0 bridgehead atoms. The van der Waals surface area contributed by atoms with Gasteiger partial charge in [-0.1, -0.05) is 0 Å². The van der Waals surface area contributed by atoms with Gasteiger partial charge < -0.3 is 5.32 Å². The molecule has 2 aromatic rings. The molecule has 4 nitrogen and oxygen atoms in total. The van der Waals surface area contributed by atoms with Gasteiger partial charge in [-0.2, -0.15) is 5.26 Å². The van der Waals surface area contributed by atoms with Gasteiger partial charge in [-0.15, -0.1) is 11.3 Å². The van der Waals surface area contributed by atoms with Crippen LogP contribution >= 0.6 is 11.3 Å². The maximum atomic E-state index is 11.7. The first kappa shape index (κ1) is 11.6. The third-order valence-electron chi connectivity index (χ3n) is 2.53. The fourth-order valence-electron chi connectivity index (χ4n) is 1.82. The summed E-state index contributed by atoms with van der Waals surface area (Å²) in [7, 11) is 1.55. The number of nitrogens with one attached hydrogen (secondary N) is 1. The SMILES string of the molecule is CNC(=O)c1sc2nc(C)cc(C)c2c1C#N. The molecule has 1 amide bonds. The van der Waals surface area contributed by atoms with Crippen molar-refractivity contribution >= 4 is 27.5 Å². The molecule has 0 aliphatic rings. The number of fused-ring (bicyclic) bond motifs is 1. The third-order valence-corrected chi connectivity index (χ3v) is 3.61. The predicted octanol–water partition coefficient (Wildman–Crippen LogP) is 2.14. The van der Waals surface area contributed by atoms with Crippen LogP contribution < -0.4 is 5.32 Å². The third kappa shape index (κ3) is 1.77. The number of carbonyl (C=O) groups excluding carboxylic acids is 1. The molecule has 2 heterocycles. The second-order valence-corrected chi connectivity index (χ2v) is 4.76. The zero-order valence-electron chi connectivity index (χ0n) is 9.79. The van der Waals surface area contributed by atoms with E-state index in [9.17, 15) is 10.1 Å². The lowest BCUT2D eigenvalue weighted by molar-refractivity contribution is 0.0967. The van der Waals surface area contributed by atoms with Gasteiger partial charge in [0.15, 0.2) is 0 Å². The van der Waals surface area contributed by atoms with Crippen molar-refractivity contribution in [3.05, 3.63) is 27.8 Å². The van der Waals surface area contributed by atoms with Crippen molar-refractivity contribution in [1.29, 1.82) is 5.26 Å². The highest BCUT2D eigenvalue weighted by Crippen LogP contribution is 2.32. The molecule has 0 aromatic carbocycles. The number of pyridine rings is 1. The summed E-state index contributed by atoms with van der Waals surface area (Å²) in [6.07, 6.45) is 0. The fourth-order valence-corrected chi connectivity index (χ4v) is 3.01. The van der Waals surface area contributed by atoms with Crippen LogP contribution in [0, 0.1) is 25.2 Å². The summed E-state index contributed by atoms with van der Waals surface area (Å²) in [5.74, 6) is -0.235. The molecule has 0 radical (unpaired) electrons. The average molecular weight is 245 g/mol. The average Bonchev–Trinajstić information content (AvgIpc) is 2.66. The van der Waals surface area contributed by atoms with Gasteiger partial charge in [0.05, 0.1) is 5.56 Å². The first-order valence-corrected chi connectivity index (χ1v) is 5.93. The molecule has 86 valence electrons. The summed E-state index contributed by atoms with van der Waals surface area (Å²) in [6.45, 7) is 3.83. The minimum atomic E-state index is -0.235. The van der Waals surface area contributed by atoms with Crippen LogP contribution in [0.2, 0.25) is 0 Å². The first-order chi connectivity index (χ1) is 8.08. The number of hydrogen-bond donors (Lipinski definition) is 1. The Labute approximate surface area is 103 Å². The van der Waals surface area contributed by atoms with Gasteiger partial charge in [0.2, 0.25) is 0 Å². The van der Waals surface area contributed by atoms with Crippen molar-refractivity contribution in [3.8, 4) is 6.07 Å². The first-order valence-electron chi connectivity index (χ1n) is 5.11. The minimum absolute atomic E-state index is 0.235. The number of amides is 1. The molecule has 0 saturated carbocycles. The molecule has 0 fully saturated rings. The van der Waals surface area contributed by atoms with E-state index in [4.69, 9.17) is 0 Å². The zero-order chi connectivity index (χ0) is 12.6. The molecule has 0 atom stereocenters. The Bertz CT molecular complexity index is 652. The molecule has 0 spiro atoms. The monoisotopic (exact) mass is 245 g/mol. The van der Waals surface area contributed by atoms with Crippen LogP contribution in [0.5, 0.6) is 0 Å². The molecule has 0 saturated heterocycles. The fraction of sp³-hybridized carbons (Fsp3) is 0.250. The Morgan fingerprint density at radius 3 is 2.82 bits per heavy atom. The highest BCUT2D eigenvalue weighted by atomic mass is 32.1. The Morgan fingerprint density at radius 2 is 2.24 bits per heavy atom. The van der Waals surface area contributed by atoms with Crippen molar-refractivity contribution in [2.75, 3.05) is 7.05 Å². The quantitative estimate of drug-likeness (QED) is 0.837. The number of thiophene rings is 1. The lowest BCUT2D eigenvalue weighted by Gasteiger charge is -1.98. The number of nitriles is 1. The standard InChI is InChI=1S/C12H11N3OS/c1-6-4-7(2)15-12-9(6)8(5-13)10(17-12)11(16)14-3/h4H,1-3H3,(H,14,16). The van der Waals surface area contributed by atoms with E-state index in [-0.39, 0.29) is 5.91 Å². The number of aryl methyl sites for hydroxylation is 2. The summed E-state index contributed by atoms with van der Waals surface area (Å²) in [5.41, 5.74) is 2.30. The molecule has 2 rings (SSSR count). The summed E-state index contributed by atoms with van der Waals surface area (Å²) in [6, 6.07) is 4.02. The molecule has 0 aliphatic heterocycles. The minimum Gasteiger partial charge on any atom is -0.354 e. The van der Waals surface area contributed by atoms with Gasteiger partial charge in [0.1, 0.15) is 15.8 Å². The van der Waals surface area contributed by atoms with Gasteiger partial charge in [-0.25, -0.2) is 4.98 Å². The summed E-state index contributed by atoms with van der Waals surface area (Å²) in [4.78, 5) is 17.2. The summed E-state index contributed by atoms with van der Waals surface area (Å²) in [5, 5.41) is 12.5. The van der Waals surface area contributed by atoms with Crippen LogP contribution in [0.15, 0.2) is 6.07 Å². The lowest BCUT2D eigenvalue weighted by Crippen LogP contribution is -2.17. The van der Waals surface area contributed by atoms with Crippen molar-refractivity contribution in [1.82, 2.24) is 10.3 Å². The predicted molar refractivity (Wildman–Crippen MR) is 67.2 cm³/mol. The zero-order valence-corrected chi connectivity index (χ0v) is 10.6. The number of carbonyl (C=O) groups is 1. The van der Waals surface area contributed by atoms with Crippen LogP contribution in [-0.4, -0.2) is 17.9 Å². The van der Waals surface area contributed by atoms with E-state index in [1.165, 1.54) is 11.3 Å². The van der Waals surface area contributed by atoms with Crippen LogP contribution in [0.4, 0.5) is 0 Å². The van der Waals surface area contributed by atoms with Crippen molar-refractivity contribution < 1.29 is 4.79 Å². The molecule has 17 heavy (non-hydrogen) atoms. The Hall–Kier alpha value is -1.93. The topological polar surface area (TPSA) is 65.8 Å². The Balaban J connectivity index is 2.86. The maximum absolute atomic E-state index is 11.7. The molecule has 0 unspecified atom stereocenters. The van der Waals surface area contributed by atoms with Crippen molar-refractivity contribution in [3.63, 3.8) is 0 Å². The van der Waals surface area contributed by atoms with Gasteiger partial charge >= 0.3 is 0 Å². The van der Waals surface area contributed by atoms with E-state index in [2.05, 4.69) is 16.4 Å². The van der Waals surface area contributed by atoms with Gasteiger partial charge in [-0.05, 0) is 25.5 Å². The normalized spacial score (nSPS) is 10.2. The molecule has 1 N–H and O–H groups in total. The molecule has 5 heteroatoms. The Morgan fingerprint density at radius 1 is 1.53 bits per heavy atom. The number of aromatic nitrogens is 1. The van der Waals surface area contributed by atoms with Gasteiger partial charge in [0, 0.05) is 18.1 Å². The van der Waals surface area contributed by atoms with Crippen molar-refractivity contribution in [2.24, 2.45) is 0 Å². The van der Waals surface area contributed by atoms with Crippen LogP contribution in [-0.2, 0) is 0 Å².